The number of ether oxygens (including phenoxy) is 1. The minimum absolute atomic E-state index is 0.0301. The number of nitrogens with one attached hydrogen (secondary N) is 1. The van der Waals surface area contributed by atoms with Crippen LogP contribution in [0, 0.1) is 0 Å². The van der Waals surface area contributed by atoms with E-state index in [4.69, 9.17) is 10.5 Å². The Morgan fingerprint density at radius 2 is 2.22 bits per heavy atom. The minimum Gasteiger partial charge on any atom is -0.491 e. The maximum absolute atomic E-state index is 12.0. The molecule has 96 valence electrons. The van der Waals surface area contributed by atoms with E-state index >= 15 is 0 Å². The quantitative estimate of drug-likeness (QED) is 0.849. The van der Waals surface area contributed by atoms with Gasteiger partial charge in [0.25, 0.3) is 0 Å². The van der Waals surface area contributed by atoms with Gasteiger partial charge in [0.2, 0.25) is 5.91 Å². The Labute approximate surface area is 107 Å². The molecule has 1 unspecified atom stereocenters. The molecule has 3 rings (SSSR count). The summed E-state index contributed by atoms with van der Waals surface area (Å²) in [6.07, 6.45) is 3.47. The van der Waals surface area contributed by atoms with Crippen molar-refractivity contribution in [3.05, 3.63) is 29.8 Å². The molecule has 0 aromatic heterocycles. The van der Waals surface area contributed by atoms with Crippen LogP contribution >= 0.6 is 0 Å². The lowest BCUT2D eigenvalue weighted by Crippen LogP contribution is -2.50. The highest BCUT2D eigenvalue weighted by atomic mass is 16.5. The fourth-order valence-corrected chi connectivity index (χ4v) is 2.65. The van der Waals surface area contributed by atoms with Crippen molar-refractivity contribution in [3.63, 3.8) is 0 Å². The van der Waals surface area contributed by atoms with Gasteiger partial charge in [-0.3, -0.25) is 4.79 Å². The van der Waals surface area contributed by atoms with E-state index in [9.17, 15) is 4.79 Å². The standard InChI is InChI=1S/C14H18N2O2/c15-14(6-3-7-14)8-13(17)16-11-9-18-12-5-2-1-4-10(11)12/h1-2,4-5,11H,3,6-9,15H2,(H,16,17). The molecule has 18 heavy (non-hydrogen) atoms. The molecule has 1 aromatic carbocycles. The third-order valence-corrected chi connectivity index (χ3v) is 3.90. The topological polar surface area (TPSA) is 64.4 Å². The Balaban J connectivity index is 1.62. The summed E-state index contributed by atoms with van der Waals surface area (Å²) in [4.78, 5) is 12.0. The Hall–Kier alpha value is -1.55. The van der Waals surface area contributed by atoms with Crippen LogP contribution in [0.1, 0.15) is 37.3 Å². The highest BCUT2D eigenvalue weighted by molar-refractivity contribution is 5.78. The third-order valence-electron chi connectivity index (χ3n) is 3.90. The molecule has 0 radical (unpaired) electrons. The van der Waals surface area contributed by atoms with Crippen LogP contribution in [0.15, 0.2) is 24.3 Å². The number of rotatable bonds is 3. The van der Waals surface area contributed by atoms with Gasteiger partial charge in [0.05, 0.1) is 6.04 Å². The van der Waals surface area contributed by atoms with Crippen LogP contribution in [-0.2, 0) is 4.79 Å². The average Bonchev–Trinajstić information content (AvgIpc) is 2.71. The first kappa shape index (κ1) is 11.5. The Kier molecular flexibility index (Phi) is 2.74. The first-order valence-corrected chi connectivity index (χ1v) is 6.46. The lowest BCUT2D eigenvalue weighted by Gasteiger charge is -2.37. The number of benzene rings is 1. The summed E-state index contributed by atoms with van der Waals surface area (Å²) in [5.74, 6) is 0.899. The molecule has 4 nitrogen and oxygen atoms in total. The van der Waals surface area contributed by atoms with Crippen molar-refractivity contribution in [1.82, 2.24) is 5.32 Å². The van der Waals surface area contributed by atoms with Gasteiger partial charge in [0.1, 0.15) is 12.4 Å². The number of hydrogen-bond donors (Lipinski definition) is 2. The van der Waals surface area contributed by atoms with Gasteiger partial charge in [-0.05, 0) is 25.3 Å². The van der Waals surface area contributed by atoms with E-state index in [2.05, 4.69) is 5.32 Å². The molecule has 0 saturated heterocycles. The monoisotopic (exact) mass is 246 g/mol. The number of carbonyl (C=O) groups excluding carboxylic acids is 1. The van der Waals surface area contributed by atoms with Gasteiger partial charge < -0.3 is 15.8 Å². The van der Waals surface area contributed by atoms with Crippen molar-refractivity contribution < 1.29 is 9.53 Å². The van der Waals surface area contributed by atoms with Crippen LogP contribution in [-0.4, -0.2) is 18.1 Å². The van der Waals surface area contributed by atoms with Crippen LogP contribution in [0.3, 0.4) is 0 Å². The smallest absolute Gasteiger partial charge is 0.222 e. The molecule has 1 aliphatic carbocycles. The van der Waals surface area contributed by atoms with E-state index in [0.717, 1.165) is 30.6 Å². The molecule has 1 saturated carbocycles. The molecule has 0 spiro atoms. The van der Waals surface area contributed by atoms with Crippen LogP contribution in [0.5, 0.6) is 5.75 Å². The van der Waals surface area contributed by atoms with E-state index in [1.54, 1.807) is 0 Å². The van der Waals surface area contributed by atoms with Crippen molar-refractivity contribution in [2.75, 3.05) is 6.61 Å². The van der Waals surface area contributed by atoms with Crippen LogP contribution < -0.4 is 15.8 Å². The van der Waals surface area contributed by atoms with E-state index in [-0.39, 0.29) is 17.5 Å². The number of carbonyl (C=O) groups is 1. The second kappa shape index (κ2) is 4.28. The van der Waals surface area contributed by atoms with Gasteiger partial charge in [-0.2, -0.15) is 0 Å². The van der Waals surface area contributed by atoms with Crippen molar-refractivity contribution >= 4 is 5.91 Å². The van der Waals surface area contributed by atoms with Crippen molar-refractivity contribution in [3.8, 4) is 5.75 Å². The van der Waals surface area contributed by atoms with Gasteiger partial charge in [-0.15, -0.1) is 0 Å². The molecular formula is C14H18N2O2. The Morgan fingerprint density at radius 1 is 1.44 bits per heavy atom. The van der Waals surface area contributed by atoms with Gasteiger partial charge in [-0.25, -0.2) is 0 Å². The molecular weight excluding hydrogens is 228 g/mol. The fraction of sp³-hybridized carbons (Fsp3) is 0.500. The van der Waals surface area contributed by atoms with Crippen molar-refractivity contribution in [2.24, 2.45) is 5.73 Å². The zero-order valence-corrected chi connectivity index (χ0v) is 10.3. The summed E-state index contributed by atoms with van der Waals surface area (Å²) < 4.78 is 5.54. The molecule has 0 bridgehead atoms. The second-order valence-corrected chi connectivity index (χ2v) is 5.36. The van der Waals surface area contributed by atoms with E-state index in [0.29, 0.717) is 13.0 Å². The normalized spacial score (nSPS) is 23.7. The van der Waals surface area contributed by atoms with Crippen molar-refractivity contribution in [1.29, 1.82) is 0 Å². The maximum Gasteiger partial charge on any atom is 0.222 e. The molecule has 1 fully saturated rings. The predicted molar refractivity (Wildman–Crippen MR) is 68.2 cm³/mol. The van der Waals surface area contributed by atoms with Crippen LogP contribution in [0.2, 0.25) is 0 Å². The van der Waals surface area contributed by atoms with Crippen molar-refractivity contribution in [2.45, 2.75) is 37.3 Å². The summed E-state index contributed by atoms with van der Waals surface area (Å²) in [7, 11) is 0. The van der Waals surface area contributed by atoms with E-state index < -0.39 is 0 Å². The maximum atomic E-state index is 12.0. The van der Waals surface area contributed by atoms with Gasteiger partial charge in [-0.1, -0.05) is 18.2 Å². The first-order valence-electron chi connectivity index (χ1n) is 6.46. The number of fused-ring (bicyclic) bond motifs is 1. The zero-order chi connectivity index (χ0) is 12.6. The fourth-order valence-electron chi connectivity index (χ4n) is 2.65. The number of hydrogen-bond acceptors (Lipinski definition) is 3. The molecule has 2 aliphatic rings. The van der Waals surface area contributed by atoms with Crippen LogP contribution in [0.25, 0.3) is 0 Å². The molecule has 1 atom stereocenters. The molecule has 1 aromatic rings. The first-order chi connectivity index (χ1) is 8.66. The molecule has 3 N–H and O–H groups in total. The SMILES string of the molecule is NC1(CC(=O)NC2COc3ccccc32)CCC1. The van der Waals surface area contributed by atoms with Gasteiger partial charge >= 0.3 is 0 Å². The summed E-state index contributed by atoms with van der Waals surface area (Å²) in [6.45, 7) is 0.517. The zero-order valence-electron chi connectivity index (χ0n) is 10.3. The highest BCUT2D eigenvalue weighted by Crippen LogP contribution is 2.34. The number of amides is 1. The van der Waals surface area contributed by atoms with Crippen LogP contribution in [0.4, 0.5) is 0 Å². The molecule has 4 heteroatoms. The number of nitrogens with two attached hydrogens (primary N) is 1. The summed E-state index contributed by atoms with van der Waals surface area (Å²) in [5, 5.41) is 3.02. The Bertz CT molecular complexity index is 469. The number of para-hydroxylation sites is 1. The lowest BCUT2D eigenvalue weighted by atomic mass is 9.75. The summed E-state index contributed by atoms with van der Waals surface area (Å²) in [6, 6.07) is 7.79. The third kappa shape index (κ3) is 2.08. The minimum atomic E-state index is -0.261. The highest BCUT2D eigenvalue weighted by Gasteiger charge is 2.35. The molecule has 1 amide bonds. The lowest BCUT2D eigenvalue weighted by molar-refractivity contribution is -0.123. The Morgan fingerprint density at radius 3 is 2.94 bits per heavy atom. The van der Waals surface area contributed by atoms with Gasteiger partial charge in [0, 0.05) is 17.5 Å². The molecule has 1 heterocycles. The second-order valence-electron chi connectivity index (χ2n) is 5.36. The largest absolute Gasteiger partial charge is 0.491 e. The summed E-state index contributed by atoms with van der Waals surface area (Å²) in [5.41, 5.74) is 6.88. The van der Waals surface area contributed by atoms with E-state index in [1.165, 1.54) is 0 Å². The average molecular weight is 246 g/mol. The summed E-state index contributed by atoms with van der Waals surface area (Å²) >= 11 is 0. The predicted octanol–water partition coefficient (Wildman–Crippen LogP) is 1.51. The molecule has 1 aliphatic heterocycles. The van der Waals surface area contributed by atoms with E-state index in [1.807, 2.05) is 24.3 Å². The van der Waals surface area contributed by atoms with Gasteiger partial charge in [0.15, 0.2) is 0 Å².